The van der Waals surface area contributed by atoms with Crippen LogP contribution in [0.15, 0.2) is 12.7 Å². The molecule has 19 heavy (non-hydrogen) atoms. The highest BCUT2D eigenvalue weighted by Gasteiger charge is 2.30. The molecular weight excluding hydrogens is 242 g/mol. The van der Waals surface area contributed by atoms with Crippen LogP contribution in [0, 0.1) is 5.92 Å². The average Bonchev–Trinajstić information content (AvgIpc) is 2.99. The zero-order valence-corrected chi connectivity index (χ0v) is 11.7. The molecule has 1 aliphatic rings. The SMILES string of the molecule is CCC(C)C(N)C(=O)N1CCCC(n2cncn2)C1. The third kappa shape index (κ3) is 3.12. The van der Waals surface area contributed by atoms with Crippen LogP contribution < -0.4 is 5.73 Å². The molecule has 106 valence electrons. The summed E-state index contributed by atoms with van der Waals surface area (Å²) in [7, 11) is 0. The Hall–Kier alpha value is -1.43. The highest BCUT2D eigenvalue weighted by Crippen LogP contribution is 2.21. The molecule has 2 N–H and O–H groups in total. The van der Waals surface area contributed by atoms with Crippen LogP contribution in [0.2, 0.25) is 0 Å². The van der Waals surface area contributed by atoms with Gasteiger partial charge in [0, 0.05) is 13.1 Å². The Morgan fingerprint density at radius 2 is 2.37 bits per heavy atom. The van der Waals surface area contributed by atoms with E-state index in [2.05, 4.69) is 17.0 Å². The Kier molecular flexibility index (Phi) is 4.52. The number of aromatic nitrogens is 3. The van der Waals surface area contributed by atoms with Crippen molar-refractivity contribution in [2.45, 2.75) is 45.2 Å². The first-order chi connectivity index (χ1) is 9.13. The largest absolute Gasteiger partial charge is 0.339 e. The standard InChI is InChI=1S/C13H23N5O/c1-3-10(2)12(14)13(19)17-6-4-5-11(7-17)18-9-15-8-16-18/h8-12H,3-7,14H2,1-2H3. The topological polar surface area (TPSA) is 77.0 Å². The monoisotopic (exact) mass is 265 g/mol. The first-order valence-corrected chi connectivity index (χ1v) is 7.02. The highest BCUT2D eigenvalue weighted by molar-refractivity contribution is 5.82. The summed E-state index contributed by atoms with van der Waals surface area (Å²) in [6, 6.07) is -0.163. The molecule has 1 fully saturated rings. The van der Waals surface area contributed by atoms with Gasteiger partial charge in [0.2, 0.25) is 5.91 Å². The van der Waals surface area contributed by atoms with Crippen molar-refractivity contribution < 1.29 is 4.79 Å². The van der Waals surface area contributed by atoms with Crippen molar-refractivity contribution in [3.8, 4) is 0 Å². The van der Waals surface area contributed by atoms with Crippen LogP contribution >= 0.6 is 0 Å². The molecule has 0 aromatic carbocycles. The van der Waals surface area contributed by atoms with Crippen molar-refractivity contribution in [1.82, 2.24) is 19.7 Å². The van der Waals surface area contributed by atoms with E-state index < -0.39 is 0 Å². The summed E-state index contributed by atoms with van der Waals surface area (Å²) in [4.78, 5) is 18.2. The molecule has 3 atom stereocenters. The van der Waals surface area contributed by atoms with Crippen LogP contribution in [0.25, 0.3) is 0 Å². The van der Waals surface area contributed by atoms with Gasteiger partial charge in [-0.15, -0.1) is 0 Å². The van der Waals surface area contributed by atoms with Crippen LogP contribution in [0.4, 0.5) is 0 Å². The van der Waals surface area contributed by atoms with Gasteiger partial charge in [-0.05, 0) is 18.8 Å². The number of piperidine rings is 1. The van der Waals surface area contributed by atoms with Gasteiger partial charge in [0.1, 0.15) is 12.7 Å². The quantitative estimate of drug-likeness (QED) is 0.874. The predicted octanol–water partition coefficient (Wildman–Crippen LogP) is 0.815. The number of nitrogens with zero attached hydrogens (tertiary/aromatic N) is 4. The third-order valence-corrected chi connectivity index (χ3v) is 4.06. The normalized spacial score (nSPS) is 23.1. The Bertz CT molecular complexity index is 405. The third-order valence-electron chi connectivity index (χ3n) is 4.06. The molecule has 0 saturated carbocycles. The zero-order chi connectivity index (χ0) is 13.8. The van der Waals surface area contributed by atoms with E-state index in [1.165, 1.54) is 6.33 Å². The van der Waals surface area contributed by atoms with Crippen molar-refractivity contribution in [1.29, 1.82) is 0 Å². The second kappa shape index (κ2) is 6.14. The van der Waals surface area contributed by atoms with E-state index in [1.807, 2.05) is 16.5 Å². The number of amides is 1. The summed E-state index contributed by atoms with van der Waals surface area (Å²) in [6.45, 7) is 5.58. The Morgan fingerprint density at radius 1 is 1.58 bits per heavy atom. The molecule has 1 amide bonds. The number of carbonyl (C=O) groups excluding carboxylic acids is 1. The average molecular weight is 265 g/mol. The van der Waals surface area contributed by atoms with Crippen molar-refractivity contribution in [3.63, 3.8) is 0 Å². The van der Waals surface area contributed by atoms with E-state index in [0.717, 1.165) is 25.8 Å². The van der Waals surface area contributed by atoms with E-state index in [9.17, 15) is 4.79 Å². The van der Waals surface area contributed by atoms with Gasteiger partial charge in [0.05, 0.1) is 12.1 Å². The fourth-order valence-electron chi connectivity index (χ4n) is 2.48. The molecule has 1 saturated heterocycles. The maximum Gasteiger partial charge on any atom is 0.239 e. The van der Waals surface area contributed by atoms with Crippen molar-refractivity contribution >= 4 is 5.91 Å². The maximum absolute atomic E-state index is 12.4. The molecular formula is C13H23N5O. The smallest absolute Gasteiger partial charge is 0.239 e. The molecule has 1 aromatic rings. The van der Waals surface area contributed by atoms with Gasteiger partial charge in [0.25, 0.3) is 0 Å². The minimum absolute atomic E-state index is 0.0687. The molecule has 3 unspecified atom stereocenters. The predicted molar refractivity (Wildman–Crippen MR) is 72.3 cm³/mol. The molecule has 6 nitrogen and oxygen atoms in total. The number of carbonyl (C=O) groups is 1. The lowest BCUT2D eigenvalue weighted by molar-refractivity contribution is -0.135. The fourth-order valence-corrected chi connectivity index (χ4v) is 2.48. The second-order valence-corrected chi connectivity index (χ2v) is 5.37. The Labute approximate surface area is 114 Å². The Balaban J connectivity index is 1.99. The number of likely N-dealkylation sites (tertiary alicyclic amines) is 1. The van der Waals surface area contributed by atoms with E-state index in [4.69, 9.17) is 5.73 Å². The Morgan fingerprint density at radius 3 is 3.00 bits per heavy atom. The van der Waals surface area contributed by atoms with Gasteiger partial charge in [-0.2, -0.15) is 5.10 Å². The lowest BCUT2D eigenvalue weighted by Crippen LogP contribution is -2.50. The zero-order valence-electron chi connectivity index (χ0n) is 11.7. The van der Waals surface area contributed by atoms with Crippen molar-refractivity contribution in [2.24, 2.45) is 11.7 Å². The number of hydrogen-bond acceptors (Lipinski definition) is 4. The molecule has 6 heteroatoms. The molecule has 0 aliphatic carbocycles. The lowest BCUT2D eigenvalue weighted by atomic mass is 9.97. The van der Waals surface area contributed by atoms with E-state index in [0.29, 0.717) is 6.54 Å². The van der Waals surface area contributed by atoms with E-state index in [-0.39, 0.29) is 23.9 Å². The van der Waals surface area contributed by atoms with Crippen molar-refractivity contribution in [2.75, 3.05) is 13.1 Å². The minimum atomic E-state index is -0.389. The summed E-state index contributed by atoms with van der Waals surface area (Å²) in [5, 5.41) is 4.17. The fraction of sp³-hybridized carbons (Fsp3) is 0.769. The molecule has 2 rings (SSSR count). The first kappa shape index (κ1) is 14.0. The summed E-state index contributed by atoms with van der Waals surface area (Å²) in [5.41, 5.74) is 6.04. The van der Waals surface area contributed by atoms with Crippen LogP contribution in [0.3, 0.4) is 0 Å². The van der Waals surface area contributed by atoms with Gasteiger partial charge < -0.3 is 10.6 Å². The van der Waals surface area contributed by atoms with Crippen LogP contribution in [0.1, 0.15) is 39.2 Å². The summed E-state index contributed by atoms with van der Waals surface area (Å²) < 4.78 is 1.84. The minimum Gasteiger partial charge on any atom is -0.339 e. The first-order valence-electron chi connectivity index (χ1n) is 7.02. The molecule has 0 radical (unpaired) electrons. The molecule has 1 aliphatic heterocycles. The molecule has 1 aromatic heterocycles. The van der Waals surface area contributed by atoms with Gasteiger partial charge in [-0.3, -0.25) is 4.79 Å². The van der Waals surface area contributed by atoms with Crippen LogP contribution in [0.5, 0.6) is 0 Å². The van der Waals surface area contributed by atoms with Gasteiger partial charge >= 0.3 is 0 Å². The second-order valence-electron chi connectivity index (χ2n) is 5.37. The summed E-state index contributed by atoms with van der Waals surface area (Å²) in [5.74, 6) is 0.290. The van der Waals surface area contributed by atoms with Gasteiger partial charge in [-0.1, -0.05) is 20.3 Å². The number of hydrogen-bond donors (Lipinski definition) is 1. The number of nitrogens with two attached hydrogens (primary N) is 1. The summed E-state index contributed by atoms with van der Waals surface area (Å²) in [6.07, 6.45) is 6.20. The van der Waals surface area contributed by atoms with Crippen molar-refractivity contribution in [3.05, 3.63) is 12.7 Å². The highest BCUT2D eigenvalue weighted by atomic mass is 16.2. The van der Waals surface area contributed by atoms with E-state index in [1.54, 1.807) is 6.33 Å². The van der Waals surface area contributed by atoms with Crippen LogP contribution in [-0.2, 0) is 4.79 Å². The van der Waals surface area contributed by atoms with E-state index >= 15 is 0 Å². The molecule has 0 spiro atoms. The van der Waals surface area contributed by atoms with Gasteiger partial charge in [-0.25, -0.2) is 9.67 Å². The van der Waals surface area contributed by atoms with Gasteiger partial charge in [0.15, 0.2) is 0 Å². The molecule has 2 heterocycles. The lowest BCUT2D eigenvalue weighted by Gasteiger charge is -2.35. The summed E-state index contributed by atoms with van der Waals surface area (Å²) >= 11 is 0. The maximum atomic E-state index is 12.4. The van der Waals surface area contributed by atoms with Crippen LogP contribution in [-0.4, -0.2) is 44.7 Å². The number of rotatable bonds is 4. The molecule has 0 bridgehead atoms.